The lowest BCUT2D eigenvalue weighted by atomic mass is 10.1. The Morgan fingerprint density at radius 2 is 1.14 bits per heavy atom. The minimum Gasteiger partial charge on any atom is -0.488 e. The van der Waals surface area contributed by atoms with Crippen LogP contribution >= 0.6 is 0 Å². The second-order valence-corrected chi connectivity index (χ2v) is 8.64. The quantitative estimate of drug-likeness (QED) is 0.529. The van der Waals surface area contributed by atoms with Crippen molar-refractivity contribution >= 4 is 0 Å². The predicted molar refractivity (Wildman–Crippen MR) is 132 cm³/mol. The van der Waals surface area contributed by atoms with Gasteiger partial charge in [-0.05, 0) is 18.2 Å². The largest absolute Gasteiger partial charge is 0.488 e. The summed E-state index contributed by atoms with van der Waals surface area (Å²) >= 11 is 0. The number of benzene rings is 1. The number of fused-ring (bicyclic) bond motifs is 18. The number of aliphatic hydroxyl groups excluding tert-OH is 1. The SMILES string of the molecule is COC(O)(CO)c1ccc2c(c1)OCCN1CCOCCOCCN(CCOCCOCC1)CCO2. The number of hydrogen-bond acceptors (Lipinski definition) is 11. The number of nitrogens with zero attached hydrogens (tertiary/aromatic N) is 2. The molecule has 1 unspecified atom stereocenters. The first kappa shape index (κ1) is 29.0. The first-order chi connectivity index (χ1) is 17.6. The zero-order valence-corrected chi connectivity index (χ0v) is 21.4. The number of methoxy groups -OCH3 is 1. The molecule has 1 saturated heterocycles. The Morgan fingerprint density at radius 3 is 1.58 bits per heavy atom. The van der Waals surface area contributed by atoms with Gasteiger partial charge in [0.25, 0.3) is 0 Å². The number of hydrogen-bond donors (Lipinski definition) is 2. The molecule has 36 heavy (non-hydrogen) atoms. The second kappa shape index (κ2) is 16.3. The van der Waals surface area contributed by atoms with Gasteiger partial charge >= 0.3 is 0 Å². The molecule has 3 aliphatic rings. The van der Waals surface area contributed by atoms with Gasteiger partial charge in [-0.1, -0.05) is 0 Å². The lowest BCUT2D eigenvalue weighted by molar-refractivity contribution is -0.217. The topological polar surface area (TPSA) is 112 Å². The van der Waals surface area contributed by atoms with Crippen LogP contribution in [0.2, 0.25) is 0 Å². The van der Waals surface area contributed by atoms with E-state index in [1.54, 1.807) is 18.2 Å². The summed E-state index contributed by atoms with van der Waals surface area (Å²) in [6, 6.07) is 5.05. The Morgan fingerprint density at radius 1 is 0.694 bits per heavy atom. The summed E-state index contributed by atoms with van der Waals surface area (Å²) in [7, 11) is 1.34. The van der Waals surface area contributed by atoms with E-state index in [2.05, 4.69) is 9.80 Å². The molecule has 0 saturated carbocycles. The van der Waals surface area contributed by atoms with Gasteiger partial charge in [-0.3, -0.25) is 9.80 Å². The molecule has 2 N–H and O–H groups in total. The lowest BCUT2D eigenvalue weighted by Gasteiger charge is -2.27. The Labute approximate surface area is 213 Å². The molecule has 1 fully saturated rings. The number of ether oxygens (including phenoxy) is 7. The Hall–Kier alpha value is -1.54. The maximum Gasteiger partial charge on any atom is 0.216 e. The van der Waals surface area contributed by atoms with E-state index in [4.69, 9.17) is 33.2 Å². The van der Waals surface area contributed by atoms with Gasteiger partial charge in [-0.25, -0.2) is 0 Å². The second-order valence-electron chi connectivity index (χ2n) is 8.64. The Kier molecular flexibility index (Phi) is 13.2. The highest BCUT2D eigenvalue weighted by Gasteiger charge is 2.29. The van der Waals surface area contributed by atoms with Crippen LogP contribution in [0.25, 0.3) is 0 Å². The molecule has 0 amide bonds. The van der Waals surface area contributed by atoms with E-state index in [0.717, 1.165) is 26.2 Å². The Bertz CT molecular complexity index is 715. The van der Waals surface area contributed by atoms with E-state index < -0.39 is 12.4 Å². The van der Waals surface area contributed by atoms with Crippen LogP contribution in [0.15, 0.2) is 18.2 Å². The van der Waals surface area contributed by atoms with Crippen LogP contribution in [0.1, 0.15) is 5.56 Å². The summed E-state index contributed by atoms with van der Waals surface area (Å²) in [5.41, 5.74) is 0.383. The average molecular weight is 515 g/mol. The van der Waals surface area contributed by atoms with Crippen LogP contribution in [-0.2, 0) is 29.5 Å². The van der Waals surface area contributed by atoms with Gasteiger partial charge in [0.1, 0.15) is 19.8 Å². The van der Waals surface area contributed by atoms with E-state index in [0.29, 0.717) is 96.2 Å². The Balaban J connectivity index is 1.80. The molecular weight excluding hydrogens is 472 g/mol. The summed E-state index contributed by atoms with van der Waals surface area (Å²) in [5.74, 6) is -0.789. The highest BCUT2D eigenvalue weighted by molar-refractivity contribution is 5.44. The van der Waals surface area contributed by atoms with Crippen molar-refractivity contribution in [1.82, 2.24) is 9.80 Å². The summed E-state index contributed by atoms with van der Waals surface area (Å²) in [6.45, 7) is 9.09. The van der Waals surface area contributed by atoms with Crippen molar-refractivity contribution in [3.63, 3.8) is 0 Å². The van der Waals surface area contributed by atoms with Gasteiger partial charge in [0.2, 0.25) is 5.79 Å². The first-order valence-corrected chi connectivity index (χ1v) is 12.7. The minimum absolute atomic E-state index is 0.383. The molecule has 3 aliphatic heterocycles. The molecule has 1 aromatic carbocycles. The van der Waals surface area contributed by atoms with Crippen molar-refractivity contribution in [1.29, 1.82) is 0 Å². The monoisotopic (exact) mass is 514 g/mol. The van der Waals surface area contributed by atoms with Crippen molar-refractivity contribution in [2.45, 2.75) is 5.79 Å². The van der Waals surface area contributed by atoms with Crippen LogP contribution < -0.4 is 9.47 Å². The maximum atomic E-state index is 10.6. The van der Waals surface area contributed by atoms with Crippen LogP contribution in [0.3, 0.4) is 0 Å². The standard InChI is InChI=1S/C25H42N2O9/c1-30-25(29,21-28)22-2-3-23-24(20-22)36-15-9-27-6-12-33-18-16-31-10-4-26(8-14-35-23)5-11-32-17-19-34-13-7-27/h2-3,20,28-29H,4-19,21H2,1H3. The summed E-state index contributed by atoms with van der Waals surface area (Å²) in [4.78, 5) is 4.45. The fraction of sp³-hybridized carbons (Fsp3) is 0.760. The van der Waals surface area contributed by atoms with Crippen molar-refractivity contribution in [2.75, 3.05) is 119 Å². The number of rotatable bonds is 3. The van der Waals surface area contributed by atoms with Gasteiger partial charge in [0.15, 0.2) is 11.5 Å². The van der Waals surface area contributed by atoms with Gasteiger partial charge in [0.05, 0.1) is 52.9 Å². The third kappa shape index (κ3) is 9.73. The third-order valence-electron chi connectivity index (χ3n) is 6.23. The van der Waals surface area contributed by atoms with Crippen LogP contribution in [0.4, 0.5) is 0 Å². The van der Waals surface area contributed by atoms with Crippen LogP contribution in [-0.4, -0.2) is 139 Å². The van der Waals surface area contributed by atoms with E-state index in [1.807, 2.05) is 0 Å². The predicted octanol–water partition coefficient (Wildman–Crippen LogP) is -0.0744. The summed E-state index contributed by atoms with van der Waals surface area (Å²) in [6.07, 6.45) is 0. The average Bonchev–Trinajstić information content (AvgIpc) is 2.89. The molecule has 4 rings (SSSR count). The van der Waals surface area contributed by atoms with Crippen molar-refractivity contribution < 1.29 is 43.4 Å². The molecule has 0 aromatic heterocycles. The van der Waals surface area contributed by atoms with Crippen molar-refractivity contribution in [3.05, 3.63) is 23.8 Å². The highest BCUT2D eigenvalue weighted by atomic mass is 16.6. The molecule has 11 nitrogen and oxygen atoms in total. The summed E-state index contributed by atoms with van der Waals surface area (Å²) < 4.78 is 40.4. The van der Waals surface area contributed by atoms with Gasteiger partial charge < -0.3 is 43.4 Å². The van der Waals surface area contributed by atoms with E-state index in [1.165, 1.54) is 7.11 Å². The molecule has 2 bridgehead atoms. The molecule has 3 heterocycles. The molecule has 0 spiro atoms. The third-order valence-corrected chi connectivity index (χ3v) is 6.23. The molecule has 1 aromatic rings. The van der Waals surface area contributed by atoms with E-state index in [-0.39, 0.29) is 0 Å². The smallest absolute Gasteiger partial charge is 0.216 e. The van der Waals surface area contributed by atoms with Crippen molar-refractivity contribution in [2.24, 2.45) is 0 Å². The van der Waals surface area contributed by atoms with Gasteiger partial charge in [-0.2, -0.15) is 0 Å². The molecular formula is C25H42N2O9. The molecule has 1 atom stereocenters. The van der Waals surface area contributed by atoms with E-state index in [9.17, 15) is 10.2 Å². The lowest BCUT2D eigenvalue weighted by Crippen LogP contribution is -2.36. The van der Waals surface area contributed by atoms with Crippen LogP contribution in [0, 0.1) is 0 Å². The normalized spacial score (nSPS) is 26.0. The summed E-state index contributed by atoms with van der Waals surface area (Å²) in [5, 5.41) is 20.3. The maximum absolute atomic E-state index is 10.6. The molecule has 0 radical (unpaired) electrons. The fourth-order valence-electron chi connectivity index (χ4n) is 3.92. The van der Waals surface area contributed by atoms with Crippen LogP contribution in [0.5, 0.6) is 11.5 Å². The first-order valence-electron chi connectivity index (χ1n) is 12.7. The van der Waals surface area contributed by atoms with Crippen molar-refractivity contribution in [3.8, 4) is 11.5 Å². The van der Waals surface area contributed by atoms with E-state index >= 15 is 0 Å². The minimum atomic E-state index is -1.82. The molecule has 206 valence electrons. The fourth-order valence-corrected chi connectivity index (χ4v) is 3.92. The van der Waals surface area contributed by atoms with Gasteiger partial charge in [0, 0.05) is 51.9 Å². The molecule has 0 aliphatic carbocycles. The zero-order chi connectivity index (χ0) is 25.5. The number of aliphatic hydroxyl groups is 2. The zero-order valence-electron chi connectivity index (χ0n) is 21.4. The molecule has 11 heteroatoms. The van der Waals surface area contributed by atoms with Gasteiger partial charge in [-0.15, -0.1) is 0 Å². The highest BCUT2D eigenvalue weighted by Crippen LogP contribution is 2.33.